The lowest BCUT2D eigenvalue weighted by atomic mass is 9.96. The van der Waals surface area contributed by atoms with Crippen LogP contribution in [-0.2, 0) is 6.54 Å². The van der Waals surface area contributed by atoms with E-state index in [1.54, 1.807) is 7.11 Å². The molecule has 5 heteroatoms. The SMILES string of the molecule is COc1ccccc1CN1CCC[C@H](c2nc(C)c(C)c(=O)[nH]2)C1. The number of piperidine rings is 1. The molecule has 1 aromatic heterocycles. The molecule has 5 nitrogen and oxygen atoms in total. The second-order valence-electron chi connectivity index (χ2n) is 6.55. The number of aryl methyl sites for hydroxylation is 1. The number of H-pyrrole nitrogens is 1. The summed E-state index contributed by atoms with van der Waals surface area (Å²) in [5, 5.41) is 0. The molecule has 0 radical (unpaired) electrons. The molecule has 2 heterocycles. The summed E-state index contributed by atoms with van der Waals surface area (Å²) in [7, 11) is 1.71. The van der Waals surface area contributed by atoms with Crippen molar-refractivity contribution in [2.45, 2.75) is 39.2 Å². The van der Waals surface area contributed by atoms with Crippen molar-refractivity contribution in [3.63, 3.8) is 0 Å². The minimum Gasteiger partial charge on any atom is -0.496 e. The number of likely N-dealkylation sites (tertiary alicyclic amines) is 1. The molecule has 1 aliphatic rings. The molecule has 0 unspecified atom stereocenters. The summed E-state index contributed by atoms with van der Waals surface area (Å²) in [6.07, 6.45) is 2.17. The molecular weight excluding hydrogens is 302 g/mol. The van der Waals surface area contributed by atoms with Crippen LogP contribution in [0.5, 0.6) is 5.75 Å². The van der Waals surface area contributed by atoms with Crippen molar-refractivity contribution in [3.8, 4) is 5.75 Å². The Morgan fingerprint density at radius 2 is 2.12 bits per heavy atom. The number of ether oxygens (including phenoxy) is 1. The van der Waals surface area contributed by atoms with Crippen molar-refractivity contribution >= 4 is 0 Å². The van der Waals surface area contributed by atoms with Crippen LogP contribution in [0.4, 0.5) is 0 Å². The van der Waals surface area contributed by atoms with E-state index in [0.29, 0.717) is 5.56 Å². The first-order valence-corrected chi connectivity index (χ1v) is 8.50. The van der Waals surface area contributed by atoms with Crippen LogP contribution in [-0.4, -0.2) is 35.1 Å². The number of methoxy groups -OCH3 is 1. The van der Waals surface area contributed by atoms with Crippen LogP contribution in [0.1, 0.15) is 41.4 Å². The maximum absolute atomic E-state index is 12.0. The second-order valence-corrected chi connectivity index (χ2v) is 6.55. The van der Waals surface area contributed by atoms with Gasteiger partial charge in [0.1, 0.15) is 11.6 Å². The van der Waals surface area contributed by atoms with Gasteiger partial charge in [0, 0.05) is 35.8 Å². The average molecular weight is 327 g/mol. The standard InChI is InChI=1S/C19H25N3O2/c1-13-14(2)20-18(21-19(13)23)16-8-6-10-22(12-16)11-15-7-4-5-9-17(15)24-3/h4-5,7,9,16H,6,8,10-12H2,1-3H3,(H,20,21,23)/t16-/m0/s1. The first-order chi connectivity index (χ1) is 11.6. The van der Waals surface area contributed by atoms with E-state index in [2.05, 4.69) is 20.9 Å². The third-order valence-electron chi connectivity index (χ3n) is 4.89. The van der Waals surface area contributed by atoms with E-state index < -0.39 is 0 Å². The Hall–Kier alpha value is -2.14. The molecule has 0 aliphatic carbocycles. The van der Waals surface area contributed by atoms with Crippen LogP contribution in [0, 0.1) is 13.8 Å². The molecule has 1 atom stereocenters. The van der Waals surface area contributed by atoms with E-state index in [1.807, 2.05) is 32.0 Å². The van der Waals surface area contributed by atoms with E-state index in [9.17, 15) is 4.79 Å². The minimum atomic E-state index is -0.0145. The van der Waals surface area contributed by atoms with Gasteiger partial charge in [0.05, 0.1) is 7.11 Å². The smallest absolute Gasteiger partial charge is 0.254 e. The summed E-state index contributed by atoms with van der Waals surface area (Å²) in [6.45, 7) is 6.55. The van der Waals surface area contributed by atoms with Gasteiger partial charge in [-0.3, -0.25) is 9.69 Å². The minimum absolute atomic E-state index is 0.0145. The Balaban J connectivity index is 1.76. The van der Waals surface area contributed by atoms with Crippen molar-refractivity contribution in [2.24, 2.45) is 0 Å². The Labute approximate surface area is 142 Å². The second kappa shape index (κ2) is 7.18. The van der Waals surface area contributed by atoms with Crippen LogP contribution in [0.3, 0.4) is 0 Å². The number of hydrogen-bond acceptors (Lipinski definition) is 4. The summed E-state index contributed by atoms with van der Waals surface area (Å²) in [6, 6.07) is 8.14. The lowest BCUT2D eigenvalue weighted by Gasteiger charge is -2.32. The topological polar surface area (TPSA) is 58.2 Å². The highest BCUT2D eigenvalue weighted by Gasteiger charge is 2.24. The van der Waals surface area contributed by atoms with Gasteiger partial charge >= 0.3 is 0 Å². The molecule has 0 spiro atoms. The number of nitrogens with one attached hydrogen (secondary N) is 1. The Bertz CT molecular complexity index is 769. The zero-order valence-electron chi connectivity index (χ0n) is 14.6. The fourth-order valence-corrected chi connectivity index (χ4v) is 3.36. The molecule has 1 aromatic carbocycles. The van der Waals surface area contributed by atoms with Gasteiger partial charge in [0.15, 0.2) is 0 Å². The van der Waals surface area contributed by atoms with Crippen molar-refractivity contribution in [2.75, 3.05) is 20.2 Å². The Morgan fingerprint density at radius 3 is 2.88 bits per heavy atom. The highest BCUT2D eigenvalue weighted by Crippen LogP contribution is 2.27. The van der Waals surface area contributed by atoms with Crippen LogP contribution >= 0.6 is 0 Å². The summed E-state index contributed by atoms with van der Waals surface area (Å²) in [5.74, 6) is 2.03. The number of hydrogen-bond donors (Lipinski definition) is 1. The van der Waals surface area contributed by atoms with Gasteiger partial charge in [-0.05, 0) is 39.3 Å². The van der Waals surface area contributed by atoms with Gasteiger partial charge in [0.25, 0.3) is 5.56 Å². The fourth-order valence-electron chi connectivity index (χ4n) is 3.36. The number of nitrogens with zero attached hydrogens (tertiary/aromatic N) is 2. The van der Waals surface area contributed by atoms with Gasteiger partial charge in [-0.25, -0.2) is 4.98 Å². The van der Waals surface area contributed by atoms with Crippen molar-refractivity contribution < 1.29 is 4.74 Å². The molecule has 128 valence electrons. The quantitative estimate of drug-likeness (QED) is 0.938. The highest BCUT2D eigenvalue weighted by molar-refractivity contribution is 5.33. The lowest BCUT2D eigenvalue weighted by molar-refractivity contribution is 0.194. The predicted octanol–water partition coefficient (Wildman–Crippen LogP) is 2.77. The molecule has 1 fully saturated rings. The monoisotopic (exact) mass is 327 g/mol. The molecule has 1 aliphatic heterocycles. The first kappa shape index (κ1) is 16.7. The molecular formula is C19H25N3O2. The Kier molecular flexibility index (Phi) is 5.00. The third-order valence-corrected chi connectivity index (χ3v) is 4.89. The first-order valence-electron chi connectivity index (χ1n) is 8.50. The van der Waals surface area contributed by atoms with Crippen molar-refractivity contribution in [1.82, 2.24) is 14.9 Å². The summed E-state index contributed by atoms with van der Waals surface area (Å²) >= 11 is 0. The lowest BCUT2D eigenvalue weighted by Crippen LogP contribution is -2.35. The van der Waals surface area contributed by atoms with E-state index >= 15 is 0 Å². The molecule has 2 aromatic rings. The van der Waals surface area contributed by atoms with Crippen LogP contribution in [0.25, 0.3) is 0 Å². The molecule has 3 rings (SSSR count). The largest absolute Gasteiger partial charge is 0.496 e. The van der Waals surface area contributed by atoms with Gasteiger partial charge in [-0.1, -0.05) is 18.2 Å². The predicted molar refractivity (Wildman–Crippen MR) is 94.6 cm³/mol. The Morgan fingerprint density at radius 1 is 1.33 bits per heavy atom. The third kappa shape index (κ3) is 3.51. The van der Waals surface area contributed by atoms with E-state index in [1.165, 1.54) is 5.56 Å². The molecule has 0 bridgehead atoms. The van der Waals surface area contributed by atoms with E-state index in [0.717, 1.165) is 49.7 Å². The average Bonchev–Trinajstić information content (AvgIpc) is 2.60. The van der Waals surface area contributed by atoms with Crippen LogP contribution in [0.2, 0.25) is 0 Å². The number of benzene rings is 1. The zero-order valence-corrected chi connectivity index (χ0v) is 14.6. The summed E-state index contributed by atoms with van der Waals surface area (Å²) < 4.78 is 5.46. The van der Waals surface area contributed by atoms with Gasteiger partial charge < -0.3 is 9.72 Å². The van der Waals surface area contributed by atoms with Crippen molar-refractivity contribution in [1.29, 1.82) is 0 Å². The van der Waals surface area contributed by atoms with Crippen molar-refractivity contribution in [3.05, 3.63) is 57.3 Å². The molecule has 24 heavy (non-hydrogen) atoms. The maximum atomic E-state index is 12.0. The van der Waals surface area contributed by atoms with Gasteiger partial charge in [0.2, 0.25) is 0 Å². The van der Waals surface area contributed by atoms with Crippen LogP contribution in [0.15, 0.2) is 29.1 Å². The zero-order chi connectivity index (χ0) is 17.1. The molecule has 0 amide bonds. The van der Waals surface area contributed by atoms with E-state index in [4.69, 9.17) is 4.74 Å². The number of rotatable bonds is 4. The number of aromatic nitrogens is 2. The highest BCUT2D eigenvalue weighted by atomic mass is 16.5. The van der Waals surface area contributed by atoms with Gasteiger partial charge in [-0.2, -0.15) is 0 Å². The summed E-state index contributed by atoms with van der Waals surface area (Å²) in [4.78, 5) is 22.1. The fraction of sp³-hybridized carbons (Fsp3) is 0.474. The summed E-state index contributed by atoms with van der Waals surface area (Å²) in [5.41, 5.74) is 2.72. The maximum Gasteiger partial charge on any atom is 0.254 e. The number of para-hydroxylation sites is 1. The van der Waals surface area contributed by atoms with Crippen LogP contribution < -0.4 is 10.3 Å². The van der Waals surface area contributed by atoms with E-state index in [-0.39, 0.29) is 11.5 Å². The molecule has 1 saturated heterocycles. The normalized spacial score (nSPS) is 18.5. The number of aromatic amines is 1. The molecule has 1 N–H and O–H groups in total. The molecule has 0 saturated carbocycles. The van der Waals surface area contributed by atoms with Gasteiger partial charge in [-0.15, -0.1) is 0 Å².